The third-order valence-electron chi connectivity index (χ3n) is 3.56. The van der Waals surface area contributed by atoms with Crippen LogP contribution < -0.4 is 10.9 Å². The van der Waals surface area contributed by atoms with Crippen molar-refractivity contribution in [2.45, 2.75) is 19.8 Å². The molecule has 2 amide bonds. The van der Waals surface area contributed by atoms with Crippen LogP contribution in [0.3, 0.4) is 0 Å². The molecule has 0 fully saturated rings. The van der Waals surface area contributed by atoms with Gasteiger partial charge in [-0.15, -0.1) is 0 Å². The molecule has 0 aliphatic carbocycles. The van der Waals surface area contributed by atoms with Gasteiger partial charge in [0.1, 0.15) is 0 Å². The van der Waals surface area contributed by atoms with Gasteiger partial charge in [0.05, 0.1) is 24.8 Å². The first-order valence-electron chi connectivity index (χ1n) is 7.35. The monoisotopic (exact) mass is 330 g/mol. The van der Waals surface area contributed by atoms with Crippen LogP contribution in [0.1, 0.15) is 35.7 Å². The van der Waals surface area contributed by atoms with Crippen molar-refractivity contribution in [3.05, 3.63) is 35.4 Å². The van der Waals surface area contributed by atoms with Gasteiger partial charge in [-0.2, -0.15) is 10.2 Å². The molecule has 1 aliphatic rings. The molecule has 0 saturated heterocycles. The maximum Gasteiger partial charge on any atom is 0.337 e. The largest absolute Gasteiger partial charge is 0.465 e. The number of carbonyl (C=O) groups is 3. The van der Waals surface area contributed by atoms with Crippen molar-refractivity contribution < 1.29 is 19.1 Å². The van der Waals surface area contributed by atoms with E-state index in [-0.39, 0.29) is 24.2 Å². The highest BCUT2D eigenvalue weighted by Crippen LogP contribution is 2.13. The van der Waals surface area contributed by atoms with Crippen LogP contribution in [0.15, 0.2) is 34.5 Å². The summed E-state index contributed by atoms with van der Waals surface area (Å²) in [4.78, 5) is 34.5. The molecule has 0 bridgehead atoms. The van der Waals surface area contributed by atoms with Crippen molar-refractivity contribution in [3.63, 3.8) is 0 Å². The molecule has 0 spiro atoms. The number of carbonyl (C=O) groups excluding carboxylic acids is 3. The van der Waals surface area contributed by atoms with Crippen LogP contribution in [-0.4, -0.2) is 36.8 Å². The Hall–Kier alpha value is -3.03. The molecule has 2 rings (SSSR count). The van der Waals surface area contributed by atoms with Crippen molar-refractivity contribution in [3.8, 4) is 0 Å². The first-order chi connectivity index (χ1) is 11.5. The molecular formula is C16H18N4O4. The SMILES string of the molecule is COC(=O)c1ccc(C=NNC(=O)CCC2C(=O)NN=C2C)cc1. The van der Waals surface area contributed by atoms with Crippen molar-refractivity contribution in [2.75, 3.05) is 7.11 Å². The first-order valence-corrected chi connectivity index (χ1v) is 7.35. The van der Waals surface area contributed by atoms with Gasteiger partial charge in [0, 0.05) is 12.1 Å². The number of ether oxygens (including phenoxy) is 1. The van der Waals surface area contributed by atoms with Gasteiger partial charge in [-0.25, -0.2) is 15.6 Å². The molecule has 126 valence electrons. The fourth-order valence-electron chi connectivity index (χ4n) is 2.16. The minimum Gasteiger partial charge on any atom is -0.465 e. The van der Waals surface area contributed by atoms with E-state index in [4.69, 9.17) is 0 Å². The highest BCUT2D eigenvalue weighted by atomic mass is 16.5. The molecule has 2 N–H and O–H groups in total. The van der Waals surface area contributed by atoms with E-state index in [0.717, 1.165) is 5.56 Å². The molecule has 1 aliphatic heterocycles. The minimum absolute atomic E-state index is 0.170. The van der Waals surface area contributed by atoms with Crippen LogP contribution in [0.4, 0.5) is 0 Å². The summed E-state index contributed by atoms with van der Waals surface area (Å²) in [5.74, 6) is -1.24. The summed E-state index contributed by atoms with van der Waals surface area (Å²) in [6.07, 6.45) is 2.02. The number of hydrazone groups is 2. The van der Waals surface area contributed by atoms with Crippen molar-refractivity contribution >= 4 is 29.7 Å². The Morgan fingerprint density at radius 1 is 1.38 bits per heavy atom. The second-order valence-corrected chi connectivity index (χ2v) is 5.23. The van der Waals surface area contributed by atoms with Crippen LogP contribution in [0, 0.1) is 5.92 Å². The number of benzene rings is 1. The van der Waals surface area contributed by atoms with E-state index in [9.17, 15) is 14.4 Å². The topological polar surface area (TPSA) is 109 Å². The van der Waals surface area contributed by atoms with Crippen LogP contribution >= 0.6 is 0 Å². The summed E-state index contributed by atoms with van der Waals surface area (Å²) in [6, 6.07) is 6.58. The summed E-state index contributed by atoms with van der Waals surface area (Å²) in [7, 11) is 1.32. The maximum absolute atomic E-state index is 11.7. The molecule has 0 radical (unpaired) electrons. The van der Waals surface area contributed by atoms with Crippen LogP contribution in [0.2, 0.25) is 0 Å². The summed E-state index contributed by atoms with van der Waals surface area (Å²) < 4.78 is 4.61. The zero-order valence-electron chi connectivity index (χ0n) is 13.4. The van der Waals surface area contributed by atoms with Gasteiger partial charge < -0.3 is 4.74 Å². The van der Waals surface area contributed by atoms with Crippen molar-refractivity contribution in [1.82, 2.24) is 10.9 Å². The van der Waals surface area contributed by atoms with Gasteiger partial charge in [0.2, 0.25) is 11.8 Å². The standard InChI is InChI=1S/C16H18N4O4/c1-10-13(15(22)20-18-10)7-8-14(21)19-17-9-11-3-5-12(6-4-11)16(23)24-2/h3-6,9,13H,7-8H2,1-2H3,(H,19,21)(H,20,22). The summed E-state index contributed by atoms with van der Waals surface area (Å²) in [5.41, 5.74) is 6.62. The number of methoxy groups -OCH3 is 1. The fourth-order valence-corrected chi connectivity index (χ4v) is 2.16. The molecular weight excluding hydrogens is 312 g/mol. The molecule has 24 heavy (non-hydrogen) atoms. The molecule has 1 aromatic rings. The Balaban J connectivity index is 1.79. The van der Waals surface area contributed by atoms with Crippen LogP contribution in [0.5, 0.6) is 0 Å². The number of nitrogens with one attached hydrogen (secondary N) is 2. The van der Waals surface area contributed by atoms with E-state index >= 15 is 0 Å². The van der Waals surface area contributed by atoms with Gasteiger partial charge in [-0.3, -0.25) is 9.59 Å². The van der Waals surface area contributed by atoms with E-state index in [1.54, 1.807) is 31.2 Å². The molecule has 8 nitrogen and oxygen atoms in total. The minimum atomic E-state index is -0.415. The smallest absolute Gasteiger partial charge is 0.337 e. The van der Waals surface area contributed by atoms with E-state index in [2.05, 4.69) is 25.8 Å². The Morgan fingerprint density at radius 3 is 2.67 bits per heavy atom. The number of esters is 1. The number of amides is 2. The lowest BCUT2D eigenvalue weighted by Crippen LogP contribution is -2.25. The average Bonchev–Trinajstić information content (AvgIpc) is 2.91. The number of hydrogen-bond acceptors (Lipinski definition) is 6. The van der Waals surface area contributed by atoms with E-state index in [1.165, 1.54) is 13.3 Å². The molecule has 1 heterocycles. The molecule has 1 aromatic carbocycles. The van der Waals surface area contributed by atoms with E-state index in [1.807, 2.05) is 0 Å². The average molecular weight is 330 g/mol. The van der Waals surface area contributed by atoms with Gasteiger partial charge in [0.15, 0.2) is 0 Å². The quantitative estimate of drug-likeness (QED) is 0.457. The normalized spacial score (nSPS) is 16.7. The second kappa shape index (κ2) is 8.00. The molecule has 0 saturated carbocycles. The molecule has 1 atom stereocenters. The maximum atomic E-state index is 11.7. The van der Waals surface area contributed by atoms with Crippen molar-refractivity contribution in [1.29, 1.82) is 0 Å². The first kappa shape index (κ1) is 17.3. The Labute approximate surface area is 139 Å². The molecule has 1 unspecified atom stereocenters. The molecule has 0 aromatic heterocycles. The van der Waals surface area contributed by atoms with Gasteiger partial charge in [-0.1, -0.05) is 12.1 Å². The predicted octanol–water partition coefficient (Wildman–Crippen LogP) is 0.825. The van der Waals surface area contributed by atoms with Crippen LogP contribution in [-0.2, 0) is 14.3 Å². The van der Waals surface area contributed by atoms with Gasteiger partial charge in [0.25, 0.3) is 0 Å². The third kappa shape index (κ3) is 4.48. The zero-order valence-corrected chi connectivity index (χ0v) is 13.4. The Bertz CT molecular complexity index is 695. The van der Waals surface area contributed by atoms with E-state index < -0.39 is 5.97 Å². The highest BCUT2D eigenvalue weighted by Gasteiger charge is 2.26. The Kier molecular flexibility index (Phi) is 5.78. The second-order valence-electron chi connectivity index (χ2n) is 5.23. The summed E-state index contributed by atoms with van der Waals surface area (Å²) in [6.45, 7) is 1.75. The number of hydrogen-bond donors (Lipinski definition) is 2. The number of rotatable bonds is 6. The predicted molar refractivity (Wildman–Crippen MR) is 87.5 cm³/mol. The van der Waals surface area contributed by atoms with Gasteiger partial charge in [-0.05, 0) is 31.0 Å². The fraction of sp³-hybridized carbons (Fsp3) is 0.312. The molecule has 8 heteroatoms. The van der Waals surface area contributed by atoms with Crippen LogP contribution in [0.25, 0.3) is 0 Å². The lowest BCUT2D eigenvalue weighted by molar-refractivity contribution is -0.123. The van der Waals surface area contributed by atoms with Gasteiger partial charge >= 0.3 is 5.97 Å². The third-order valence-corrected chi connectivity index (χ3v) is 3.56. The lowest BCUT2D eigenvalue weighted by Gasteiger charge is -2.06. The van der Waals surface area contributed by atoms with Crippen molar-refractivity contribution in [2.24, 2.45) is 16.1 Å². The number of nitrogens with zero attached hydrogens (tertiary/aromatic N) is 2. The van der Waals surface area contributed by atoms with E-state index in [0.29, 0.717) is 17.7 Å². The summed E-state index contributed by atoms with van der Waals surface area (Å²) in [5, 5.41) is 7.67. The Morgan fingerprint density at radius 2 is 2.08 bits per heavy atom. The summed E-state index contributed by atoms with van der Waals surface area (Å²) >= 11 is 0. The highest BCUT2D eigenvalue weighted by molar-refractivity contribution is 6.07. The zero-order chi connectivity index (χ0) is 17.5. The lowest BCUT2D eigenvalue weighted by atomic mass is 9.99.